The van der Waals surface area contributed by atoms with Crippen molar-refractivity contribution in [3.8, 4) is 11.5 Å². The largest absolute Gasteiger partial charge is 0.457 e. The summed E-state index contributed by atoms with van der Waals surface area (Å²) in [7, 11) is 1.91. The summed E-state index contributed by atoms with van der Waals surface area (Å²) in [6.07, 6.45) is 2.08. The van der Waals surface area contributed by atoms with Crippen molar-refractivity contribution in [2.75, 3.05) is 20.1 Å². The molecule has 3 N–H and O–H groups in total. The topological polar surface area (TPSA) is 84.7 Å². The van der Waals surface area contributed by atoms with Crippen LogP contribution in [0.25, 0.3) is 0 Å². The molecule has 1 atom stereocenters. The number of amides is 2. The van der Waals surface area contributed by atoms with Crippen LogP contribution in [0.1, 0.15) is 33.6 Å². The fourth-order valence-electron chi connectivity index (χ4n) is 3.21. The van der Waals surface area contributed by atoms with Crippen LogP contribution in [0.2, 0.25) is 0 Å². The van der Waals surface area contributed by atoms with Gasteiger partial charge in [-0.3, -0.25) is 9.59 Å². The van der Waals surface area contributed by atoms with Gasteiger partial charge in [0.05, 0.1) is 0 Å². The van der Waals surface area contributed by atoms with Gasteiger partial charge in [-0.25, -0.2) is 0 Å². The van der Waals surface area contributed by atoms with Crippen LogP contribution < -0.4 is 15.8 Å². The van der Waals surface area contributed by atoms with Crippen molar-refractivity contribution < 1.29 is 14.3 Å². The lowest BCUT2D eigenvalue weighted by molar-refractivity contribution is 0.0737. The standard InChI is InChI=1S/C20H23N3O3/c1-22-13-16-3-2-12-23(16)20(25)15-6-10-18(11-7-15)26-17-8-4-14(5-9-17)19(21)24/h4-11,16,22H,2-3,12-13H2,1H3,(H2,21,24)/t16-/m0/s1. The van der Waals surface area contributed by atoms with Gasteiger partial charge in [-0.1, -0.05) is 0 Å². The summed E-state index contributed by atoms with van der Waals surface area (Å²) >= 11 is 0. The van der Waals surface area contributed by atoms with Crippen LogP contribution in [-0.2, 0) is 0 Å². The molecule has 1 fully saturated rings. The fraction of sp³-hybridized carbons (Fsp3) is 0.300. The minimum Gasteiger partial charge on any atom is -0.457 e. The lowest BCUT2D eigenvalue weighted by Crippen LogP contribution is -2.40. The summed E-state index contributed by atoms with van der Waals surface area (Å²) in [5, 5.41) is 3.15. The van der Waals surface area contributed by atoms with Crippen LogP contribution >= 0.6 is 0 Å². The van der Waals surface area contributed by atoms with E-state index in [0.29, 0.717) is 22.6 Å². The quantitative estimate of drug-likeness (QED) is 0.835. The second-order valence-corrected chi connectivity index (χ2v) is 6.37. The van der Waals surface area contributed by atoms with Crippen molar-refractivity contribution in [2.24, 2.45) is 5.73 Å². The first-order chi connectivity index (χ1) is 12.6. The smallest absolute Gasteiger partial charge is 0.254 e. The van der Waals surface area contributed by atoms with Crippen molar-refractivity contribution in [2.45, 2.75) is 18.9 Å². The number of likely N-dealkylation sites (tertiary alicyclic amines) is 1. The van der Waals surface area contributed by atoms with E-state index in [4.69, 9.17) is 10.5 Å². The van der Waals surface area contributed by atoms with Crippen LogP contribution in [-0.4, -0.2) is 42.9 Å². The summed E-state index contributed by atoms with van der Waals surface area (Å²) in [6.45, 7) is 1.61. The molecule has 1 saturated heterocycles. The van der Waals surface area contributed by atoms with Gasteiger partial charge in [-0.15, -0.1) is 0 Å². The van der Waals surface area contributed by atoms with Crippen molar-refractivity contribution in [3.63, 3.8) is 0 Å². The maximum absolute atomic E-state index is 12.7. The Hall–Kier alpha value is -2.86. The minimum absolute atomic E-state index is 0.0557. The third-order valence-electron chi connectivity index (χ3n) is 4.55. The number of likely N-dealkylation sites (N-methyl/N-ethyl adjacent to an activating group) is 1. The molecule has 6 nitrogen and oxygen atoms in total. The summed E-state index contributed by atoms with van der Waals surface area (Å²) in [6, 6.07) is 14.0. The van der Waals surface area contributed by atoms with Gasteiger partial charge in [0.15, 0.2) is 0 Å². The number of benzene rings is 2. The highest BCUT2D eigenvalue weighted by atomic mass is 16.5. The number of carbonyl (C=O) groups is 2. The minimum atomic E-state index is -0.474. The van der Waals surface area contributed by atoms with Gasteiger partial charge >= 0.3 is 0 Å². The molecule has 1 aliphatic rings. The number of carbonyl (C=O) groups excluding carboxylic acids is 2. The van der Waals surface area contributed by atoms with E-state index >= 15 is 0 Å². The predicted octanol–water partition coefficient (Wildman–Crippen LogP) is 2.40. The summed E-state index contributed by atoms with van der Waals surface area (Å²) in [4.78, 5) is 25.7. The summed E-state index contributed by atoms with van der Waals surface area (Å²) in [5.74, 6) is 0.808. The molecule has 2 aromatic rings. The van der Waals surface area contributed by atoms with Crippen molar-refractivity contribution >= 4 is 11.8 Å². The molecule has 3 rings (SSSR count). The number of hydrogen-bond donors (Lipinski definition) is 2. The molecule has 0 saturated carbocycles. The Kier molecular flexibility index (Phi) is 5.53. The first kappa shape index (κ1) is 17.9. The zero-order valence-corrected chi connectivity index (χ0v) is 14.8. The van der Waals surface area contributed by atoms with E-state index < -0.39 is 5.91 Å². The predicted molar refractivity (Wildman–Crippen MR) is 99.5 cm³/mol. The van der Waals surface area contributed by atoms with E-state index in [1.165, 1.54) is 0 Å². The second kappa shape index (κ2) is 8.01. The first-order valence-corrected chi connectivity index (χ1v) is 8.72. The van der Waals surface area contributed by atoms with E-state index in [1.54, 1.807) is 48.5 Å². The molecule has 0 unspecified atom stereocenters. The monoisotopic (exact) mass is 353 g/mol. The first-order valence-electron chi connectivity index (χ1n) is 8.72. The van der Waals surface area contributed by atoms with Crippen LogP contribution in [0.15, 0.2) is 48.5 Å². The highest BCUT2D eigenvalue weighted by Gasteiger charge is 2.28. The number of nitrogens with two attached hydrogens (primary N) is 1. The van der Waals surface area contributed by atoms with Crippen LogP contribution in [0.4, 0.5) is 0 Å². The summed E-state index contributed by atoms with van der Waals surface area (Å²) in [5.41, 5.74) is 6.31. The Balaban J connectivity index is 1.66. The molecule has 0 bridgehead atoms. The van der Waals surface area contributed by atoms with E-state index in [2.05, 4.69) is 5.32 Å². The van der Waals surface area contributed by atoms with Gasteiger partial charge < -0.3 is 20.7 Å². The number of hydrogen-bond acceptors (Lipinski definition) is 4. The normalized spacial score (nSPS) is 16.5. The Morgan fingerprint density at radius 2 is 1.65 bits per heavy atom. The molecule has 136 valence electrons. The molecule has 6 heteroatoms. The lowest BCUT2D eigenvalue weighted by Gasteiger charge is -2.24. The van der Waals surface area contributed by atoms with E-state index in [1.807, 2.05) is 11.9 Å². The highest BCUT2D eigenvalue weighted by Crippen LogP contribution is 2.24. The maximum atomic E-state index is 12.7. The summed E-state index contributed by atoms with van der Waals surface area (Å²) < 4.78 is 5.75. The van der Waals surface area contributed by atoms with Crippen molar-refractivity contribution in [1.29, 1.82) is 0 Å². The Morgan fingerprint density at radius 1 is 1.08 bits per heavy atom. The maximum Gasteiger partial charge on any atom is 0.254 e. The SMILES string of the molecule is CNC[C@@H]1CCCN1C(=O)c1ccc(Oc2ccc(C(N)=O)cc2)cc1. The molecular weight excluding hydrogens is 330 g/mol. The Bertz CT molecular complexity index is 772. The molecule has 2 aromatic carbocycles. The highest BCUT2D eigenvalue weighted by molar-refractivity contribution is 5.94. The zero-order valence-electron chi connectivity index (χ0n) is 14.8. The molecule has 0 spiro atoms. The fourth-order valence-corrected chi connectivity index (χ4v) is 3.21. The van der Waals surface area contributed by atoms with Crippen LogP contribution in [0.5, 0.6) is 11.5 Å². The Morgan fingerprint density at radius 3 is 2.19 bits per heavy atom. The number of ether oxygens (including phenoxy) is 1. The number of rotatable bonds is 6. The molecule has 1 heterocycles. The number of nitrogens with zero attached hydrogens (tertiary/aromatic N) is 1. The third kappa shape index (κ3) is 4.03. The van der Waals surface area contributed by atoms with Crippen molar-refractivity contribution in [1.82, 2.24) is 10.2 Å². The number of nitrogens with one attached hydrogen (secondary N) is 1. The van der Waals surface area contributed by atoms with Crippen molar-refractivity contribution in [3.05, 3.63) is 59.7 Å². The van der Waals surface area contributed by atoms with Gasteiger partial charge in [0.25, 0.3) is 5.91 Å². The average Bonchev–Trinajstić information content (AvgIpc) is 3.11. The lowest BCUT2D eigenvalue weighted by atomic mass is 10.1. The van der Waals surface area contributed by atoms with Gasteiger partial charge in [0, 0.05) is 30.3 Å². The van der Waals surface area contributed by atoms with Gasteiger partial charge in [0.2, 0.25) is 5.91 Å². The van der Waals surface area contributed by atoms with Crippen LogP contribution in [0, 0.1) is 0 Å². The molecule has 1 aliphatic heterocycles. The van der Waals surface area contributed by atoms with Gasteiger partial charge in [-0.2, -0.15) is 0 Å². The zero-order chi connectivity index (χ0) is 18.5. The molecule has 0 aliphatic carbocycles. The molecule has 0 radical (unpaired) electrons. The van der Waals surface area contributed by atoms with E-state index in [-0.39, 0.29) is 11.9 Å². The number of primary amides is 1. The Labute approximate surface area is 152 Å². The average molecular weight is 353 g/mol. The van der Waals surface area contributed by atoms with Gasteiger partial charge in [-0.05, 0) is 68.4 Å². The molecular formula is C20H23N3O3. The molecule has 2 amide bonds. The molecule has 26 heavy (non-hydrogen) atoms. The van der Waals surface area contributed by atoms with Crippen LogP contribution in [0.3, 0.4) is 0 Å². The second-order valence-electron chi connectivity index (χ2n) is 6.37. The van der Waals surface area contributed by atoms with Gasteiger partial charge in [0.1, 0.15) is 11.5 Å². The third-order valence-corrected chi connectivity index (χ3v) is 4.55. The van der Waals surface area contributed by atoms with E-state index in [0.717, 1.165) is 25.9 Å². The van der Waals surface area contributed by atoms with E-state index in [9.17, 15) is 9.59 Å². The molecule has 0 aromatic heterocycles.